The van der Waals surface area contributed by atoms with Gasteiger partial charge in [0.05, 0.1) is 45.6 Å². The summed E-state index contributed by atoms with van der Waals surface area (Å²) in [5, 5.41) is 12.7. The lowest BCUT2D eigenvalue weighted by Gasteiger charge is -2.06. The van der Waals surface area contributed by atoms with Gasteiger partial charge in [0.2, 0.25) is 5.91 Å². The Hall–Kier alpha value is -4.37. The molecule has 176 valence electrons. The maximum atomic E-state index is 12.2. The van der Waals surface area contributed by atoms with Gasteiger partial charge in [-0.1, -0.05) is 0 Å². The molecule has 1 amide bonds. The van der Waals surface area contributed by atoms with E-state index in [4.69, 9.17) is 0 Å². The number of aromatic amines is 2. The Morgan fingerprint density at radius 3 is 2.72 bits per heavy atom. The van der Waals surface area contributed by atoms with Crippen molar-refractivity contribution >= 4 is 44.7 Å². The second kappa shape index (κ2) is 8.10. The minimum Gasteiger partial charge on any atom is -0.353 e. The average molecular weight is 492 g/mol. The lowest BCUT2D eigenvalue weighted by molar-refractivity contribution is -0.117. The van der Waals surface area contributed by atoms with E-state index in [2.05, 4.69) is 60.6 Å². The van der Waals surface area contributed by atoms with Crippen molar-refractivity contribution < 1.29 is 4.79 Å². The van der Waals surface area contributed by atoms with E-state index in [1.54, 1.807) is 29.9 Å². The van der Waals surface area contributed by atoms with Gasteiger partial charge in [0.1, 0.15) is 5.69 Å². The lowest BCUT2D eigenvalue weighted by atomic mass is 10.1. The van der Waals surface area contributed by atoms with Crippen LogP contribution < -0.4 is 5.32 Å². The number of anilines is 1. The Balaban J connectivity index is 1.28. The van der Waals surface area contributed by atoms with Crippen LogP contribution in [0.15, 0.2) is 61.2 Å². The van der Waals surface area contributed by atoms with Crippen LogP contribution in [-0.4, -0.2) is 36.0 Å². The smallest absolute Gasteiger partial charge is 0.227 e. The minimum absolute atomic E-state index is 0.0554. The van der Waals surface area contributed by atoms with E-state index in [0.29, 0.717) is 5.69 Å². The monoisotopic (exact) mass is 491 g/mol. The summed E-state index contributed by atoms with van der Waals surface area (Å²) >= 11 is 1.74. The Bertz CT molecular complexity index is 1780. The van der Waals surface area contributed by atoms with Crippen LogP contribution in [0.5, 0.6) is 0 Å². The van der Waals surface area contributed by atoms with Gasteiger partial charge in [-0.05, 0) is 56.2 Å². The fraction of sp³-hybridized carbons (Fsp3) is 0.148. The number of carbonyl (C=O) groups excluding carboxylic acids is 1. The summed E-state index contributed by atoms with van der Waals surface area (Å²) in [6.45, 7) is 2.10. The van der Waals surface area contributed by atoms with Crippen LogP contribution in [0.1, 0.15) is 17.7 Å². The zero-order valence-electron chi connectivity index (χ0n) is 19.4. The Kier molecular flexibility index (Phi) is 4.71. The minimum atomic E-state index is 0.0554. The van der Waals surface area contributed by atoms with Crippen molar-refractivity contribution in [3.05, 3.63) is 66.1 Å². The number of rotatable bonds is 5. The Morgan fingerprint density at radius 2 is 1.89 bits per heavy atom. The van der Waals surface area contributed by atoms with Gasteiger partial charge >= 0.3 is 0 Å². The molecule has 0 saturated heterocycles. The zero-order chi connectivity index (χ0) is 24.2. The summed E-state index contributed by atoms with van der Waals surface area (Å²) in [5.74, 6) is 0.187. The molecule has 0 bridgehead atoms. The second-order valence-electron chi connectivity index (χ2n) is 9.13. The van der Waals surface area contributed by atoms with Gasteiger partial charge in [0.25, 0.3) is 0 Å². The molecular formula is C27H21N7OS. The van der Waals surface area contributed by atoms with E-state index in [-0.39, 0.29) is 11.8 Å². The predicted octanol–water partition coefficient (Wildman–Crippen LogP) is 5.95. The molecule has 1 fully saturated rings. The fourth-order valence-corrected chi connectivity index (χ4v) is 5.34. The van der Waals surface area contributed by atoms with Gasteiger partial charge in [-0.2, -0.15) is 5.10 Å². The summed E-state index contributed by atoms with van der Waals surface area (Å²) in [5.41, 5.74) is 6.79. The highest BCUT2D eigenvalue weighted by molar-refractivity contribution is 7.15. The number of amides is 1. The molecule has 0 unspecified atom stereocenters. The van der Waals surface area contributed by atoms with Crippen molar-refractivity contribution in [2.45, 2.75) is 19.8 Å². The molecule has 1 aliphatic carbocycles. The van der Waals surface area contributed by atoms with Gasteiger partial charge in [-0.15, -0.1) is 11.3 Å². The number of aromatic nitrogens is 6. The van der Waals surface area contributed by atoms with E-state index in [1.165, 1.54) is 4.88 Å². The van der Waals surface area contributed by atoms with Crippen LogP contribution >= 0.6 is 11.3 Å². The number of nitrogens with zero attached hydrogens (tertiary/aromatic N) is 4. The van der Waals surface area contributed by atoms with Crippen molar-refractivity contribution in [2.24, 2.45) is 5.92 Å². The van der Waals surface area contributed by atoms with Crippen molar-refractivity contribution in [1.82, 2.24) is 30.1 Å². The number of carbonyl (C=O) groups is 1. The molecule has 6 aromatic rings. The molecule has 1 aliphatic rings. The number of hydrogen-bond donors (Lipinski definition) is 3. The number of hydrogen-bond acceptors (Lipinski definition) is 6. The van der Waals surface area contributed by atoms with E-state index >= 15 is 0 Å². The van der Waals surface area contributed by atoms with Crippen molar-refractivity contribution in [3.8, 4) is 33.2 Å². The molecule has 36 heavy (non-hydrogen) atoms. The first-order valence-corrected chi connectivity index (χ1v) is 12.6. The van der Waals surface area contributed by atoms with E-state index in [9.17, 15) is 4.79 Å². The Morgan fingerprint density at radius 1 is 1.00 bits per heavy atom. The predicted molar refractivity (Wildman–Crippen MR) is 142 cm³/mol. The van der Waals surface area contributed by atoms with E-state index in [1.807, 2.05) is 24.4 Å². The number of aryl methyl sites for hydroxylation is 1. The third kappa shape index (κ3) is 3.64. The maximum absolute atomic E-state index is 12.2. The van der Waals surface area contributed by atoms with Gasteiger partial charge in [-0.25, -0.2) is 0 Å². The Labute approximate surface area is 209 Å². The van der Waals surface area contributed by atoms with Crippen molar-refractivity contribution in [2.75, 3.05) is 5.32 Å². The van der Waals surface area contributed by atoms with Crippen molar-refractivity contribution in [3.63, 3.8) is 0 Å². The second-order valence-corrected chi connectivity index (χ2v) is 10.4. The molecule has 3 N–H and O–H groups in total. The van der Waals surface area contributed by atoms with Crippen LogP contribution in [-0.2, 0) is 4.79 Å². The van der Waals surface area contributed by atoms with Crippen LogP contribution in [0.3, 0.4) is 0 Å². The SMILES string of the molecule is Cc1ccc(-c2nccc3[nH]c(-c4n[nH]c5cnc(-c6cncc(NC(=O)C7CC7)c6)cc45)cc23)s1. The largest absolute Gasteiger partial charge is 0.353 e. The van der Waals surface area contributed by atoms with Gasteiger partial charge in [-0.3, -0.25) is 24.8 Å². The normalized spacial score (nSPS) is 13.5. The summed E-state index contributed by atoms with van der Waals surface area (Å²) in [7, 11) is 0. The molecule has 6 heterocycles. The summed E-state index contributed by atoms with van der Waals surface area (Å²) in [6, 6.07) is 12.2. The molecular weight excluding hydrogens is 470 g/mol. The number of H-pyrrole nitrogens is 2. The summed E-state index contributed by atoms with van der Waals surface area (Å²) in [4.78, 5) is 31.7. The van der Waals surface area contributed by atoms with Gasteiger partial charge < -0.3 is 10.3 Å². The molecule has 1 saturated carbocycles. The first-order chi connectivity index (χ1) is 17.6. The fourth-order valence-electron chi connectivity index (χ4n) is 4.46. The lowest BCUT2D eigenvalue weighted by Crippen LogP contribution is -2.13. The summed E-state index contributed by atoms with van der Waals surface area (Å²) in [6.07, 6.45) is 8.94. The van der Waals surface area contributed by atoms with Gasteiger partial charge in [0, 0.05) is 45.0 Å². The molecule has 8 nitrogen and oxygen atoms in total. The molecule has 9 heteroatoms. The van der Waals surface area contributed by atoms with E-state index < -0.39 is 0 Å². The highest BCUT2D eigenvalue weighted by Crippen LogP contribution is 2.36. The summed E-state index contributed by atoms with van der Waals surface area (Å²) < 4.78 is 0. The molecule has 6 aromatic heterocycles. The number of pyridine rings is 3. The van der Waals surface area contributed by atoms with Crippen LogP contribution in [0.25, 0.3) is 55.0 Å². The third-order valence-corrected chi connectivity index (χ3v) is 7.48. The van der Waals surface area contributed by atoms with Crippen LogP contribution in [0.2, 0.25) is 0 Å². The first kappa shape index (κ1) is 21.0. The molecule has 7 rings (SSSR count). The van der Waals surface area contributed by atoms with Crippen molar-refractivity contribution in [1.29, 1.82) is 0 Å². The maximum Gasteiger partial charge on any atom is 0.227 e. The molecule has 0 aliphatic heterocycles. The molecule has 0 aromatic carbocycles. The standard InChI is InChI=1S/C27H21N7OS/c1-14-2-5-24(36-14)26-18-10-22(32-20(18)6-7-29-26)25-19-9-21(30-13-23(19)33-34-25)16-8-17(12-28-11-16)31-27(35)15-3-4-15/h2,5-13,15,32H,3-4H2,1H3,(H,31,35)(H,33,34). The first-order valence-electron chi connectivity index (χ1n) is 11.8. The van der Waals surface area contributed by atoms with Crippen LogP contribution in [0.4, 0.5) is 5.69 Å². The quantitative estimate of drug-likeness (QED) is 0.276. The topological polar surface area (TPSA) is 112 Å². The number of fused-ring (bicyclic) bond motifs is 2. The number of thiophene rings is 1. The molecule has 0 radical (unpaired) electrons. The average Bonchev–Trinajstić information content (AvgIpc) is 3.30. The van der Waals surface area contributed by atoms with E-state index in [0.717, 1.165) is 67.9 Å². The van der Waals surface area contributed by atoms with Gasteiger partial charge in [0.15, 0.2) is 0 Å². The molecule has 0 spiro atoms. The number of nitrogens with one attached hydrogen (secondary N) is 3. The highest BCUT2D eigenvalue weighted by Gasteiger charge is 2.29. The third-order valence-electron chi connectivity index (χ3n) is 6.47. The highest BCUT2D eigenvalue weighted by atomic mass is 32.1. The molecule has 0 atom stereocenters. The zero-order valence-corrected chi connectivity index (χ0v) is 20.2. The van der Waals surface area contributed by atoms with Crippen LogP contribution in [0, 0.1) is 12.8 Å².